The van der Waals surface area contributed by atoms with Crippen molar-refractivity contribution >= 4 is 28.2 Å². The van der Waals surface area contributed by atoms with Crippen LogP contribution in [-0.2, 0) is 17.5 Å². The number of hydrogen-bond donors (Lipinski definition) is 0. The molecule has 0 radical (unpaired) electrons. The predicted octanol–water partition coefficient (Wildman–Crippen LogP) is 8.26. The largest absolute Gasteiger partial charge is 0.472 e. The van der Waals surface area contributed by atoms with Gasteiger partial charge in [0.15, 0.2) is 11.4 Å². The predicted molar refractivity (Wildman–Crippen MR) is 163 cm³/mol. The first-order valence-electron chi connectivity index (χ1n) is 14.3. The SMILES string of the molecule is C=C1c2nc(SC)nc(OCc3ccccc3)c2-c2ccnc(-c3c(C(F)(F)F)c(C)cc4c3cnn4C3CCCCO3)c21. The van der Waals surface area contributed by atoms with Crippen LogP contribution in [0.15, 0.2) is 66.6 Å². The van der Waals surface area contributed by atoms with Gasteiger partial charge in [-0.15, -0.1) is 0 Å². The smallest absolute Gasteiger partial charge is 0.417 e. The zero-order valence-corrected chi connectivity index (χ0v) is 24.9. The molecule has 0 amide bonds. The number of pyridine rings is 1. The van der Waals surface area contributed by atoms with Gasteiger partial charge in [-0.3, -0.25) is 4.98 Å². The summed E-state index contributed by atoms with van der Waals surface area (Å²) in [7, 11) is 0. The molecule has 1 aliphatic heterocycles. The number of thioether (sulfide) groups is 1. The molecule has 1 fully saturated rings. The Hall–Kier alpha value is -4.22. The molecule has 0 spiro atoms. The third-order valence-corrected chi connectivity index (χ3v) is 8.66. The second-order valence-electron chi connectivity index (χ2n) is 10.9. The molecule has 3 aromatic heterocycles. The topological polar surface area (TPSA) is 75.0 Å². The van der Waals surface area contributed by atoms with Crippen molar-refractivity contribution in [3.8, 4) is 28.3 Å². The Morgan fingerprint density at radius 3 is 2.61 bits per heavy atom. The van der Waals surface area contributed by atoms with E-state index in [1.165, 1.54) is 31.1 Å². The summed E-state index contributed by atoms with van der Waals surface area (Å²) in [5, 5.41) is 5.36. The highest BCUT2D eigenvalue weighted by Gasteiger charge is 2.40. The van der Waals surface area contributed by atoms with Crippen molar-refractivity contribution in [1.82, 2.24) is 24.7 Å². The number of halogens is 3. The van der Waals surface area contributed by atoms with Crippen LogP contribution in [0.5, 0.6) is 5.88 Å². The average molecular weight is 616 g/mol. The summed E-state index contributed by atoms with van der Waals surface area (Å²) in [5.74, 6) is 0.341. The van der Waals surface area contributed by atoms with Crippen LogP contribution in [-0.4, -0.2) is 37.6 Å². The molecule has 5 aromatic rings. The summed E-state index contributed by atoms with van der Waals surface area (Å²) in [6.07, 6.45) is 2.50. The van der Waals surface area contributed by atoms with Gasteiger partial charge in [0.05, 0.1) is 34.2 Å². The highest BCUT2D eigenvalue weighted by Crippen LogP contribution is 2.52. The van der Waals surface area contributed by atoms with Crippen LogP contribution in [0.3, 0.4) is 0 Å². The number of nitrogens with zero attached hydrogens (tertiary/aromatic N) is 5. The van der Waals surface area contributed by atoms with Crippen molar-refractivity contribution < 1.29 is 22.6 Å². The van der Waals surface area contributed by atoms with Crippen molar-refractivity contribution in [1.29, 1.82) is 0 Å². The Morgan fingerprint density at radius 1 is 1.07 bits per heavy atom. The van der Waals surface area contributed by atoms with E-state index in [1.54, 1.807) is 16.8 Å². The van der Waals surface area contributed by atoms with Gasteiger partial charge in [0.2, 0.25) is 5.88 Å². The maximum Gasteiger partial charge on any atom is 0.417 e. The van der Waals surface area contributed by atoms with Crippen LogP contribution in [0.2, 0.25) is 0 Å². The minimum atomic E-state index is -4.65. The number of aryl methyl sites for hydroxylation is 1. The Labute approximate surface area is 256 Å². The normalized spacial score (nSPS) is 16.3. The molecule has 224 valence electrons. The Kier molecular flexibility index (Phi) is 7.17. The highest BCUT2D eigenvalue weighted by molar-refractivity contribution is 7.98. The Morgan fingerprint density at radius 2 is 1.89 bits per heavy atom. The van der Waals surface area contributed by atoms with Gasteiger partial charge in [0.25, 0.3) is 0 Å². The summed E-state index contributed by atoms with van der Waals surface area (Å²) in [4.78, 5) is 14.0. The lowest BCUT2D eigenvalue weighted by atomic mass is 9.90. The van der Waals surface area contributed by atoms with Crippen molar-refractivity contribution in [2.75, 3.05) is 12.9 Å². The third kappa shape index (κ3) is 4.75. The second-order valence-corrected chi connectivity index (χ2v) is 11.6. The molecular weight excluding hydrogens is 587 g/mol. The number of alkyl halides is 3. The molecule has 7 rings (SSSR count). The van der Waals surface area contributed by atoms with Crippen molar-refractivity contribution in [3.05, 3.63) is 89.4 Å². The Balaban J connectivity index is 1.44. The van der Waals surface area contributed by atoms with Crippen LogP contribution in [0.25, 0.3) is 38.9 Å². The van der Waals surface area contributed by atoms with E-state index in [2.05, 4.69) is 21.6 Å². The molecule has 1 unspecified atom stereocenters. The molecule has 0 N–H and O–H groups in total. The van der Waals surface area contributed by atoms with Gasteiger partial charge >= 0.3 is 6.18 Å². The summed E-state index contributed by atoms with van der Waals surface area (Å²) in [6, 6.07) is 13.0. The molecule has 0 bridgehead atoms. The lowest BCUT2D eigenvalue weighted by Gasteiger charge is -2.24. The van der Waals surface area contributed by atoms with Gasteiger partial charge in [-0.25, -0.2) is 9.67 Å². The fourth-order valence-electron chi connectivity index (χ4n) is 6.16. The van der Waals surface area contributed by atoms with Crippen molar-refractivity contribution in [2.45, 2.75) is 50.4 Å². The van der Waals surface area contributed by atoms with Crippen molar-refractivity contribution in [3.63, 3.8) is 0 Å². The fraction of sp³-hybridized carbons (Fsp3) is 0.273. The highest BCUT2D eigenvalue weighted by atomic mass is 32.2. The lowest BCUT2D eigenvalue weighted by molar-refractivity contribution is -0.137. The van der Waals surface area contributed by atoms with E-state index in [0.29, 0.717) is 56.5 Å². The molecule has 7 nitrogen and oxygen atoms in total. The van der Waals surface area contributed by atoms with E-state index in [-0.39, 0.29) is 29.7 Å². The first-order valence-corrected chi connectivity index (χ1v) is 15.5. The summed E-state index contributed by atoms with van der Waals surface area (Å²) >= 11 is 1.35. The third-order valence-electron chi connectivity index (χ3n) is 8.11. The van der Waals surface area contributed by atoms with Gasteiger partial charge in [-0.2, -0.15) is 23.3 Å². The van der Waals surface area contributed by atoms with Gasteiger partial charge in [-0.1, -0.05) is 48.7 Å². The number of benzene rings is 2. The monoisotopic (exact) mass is 615 g/mol. The molecular formula is C33H28F3N5O2S. The molecule has 2 aliphatic rings. The number of ether oxygens (including phenoxy) is 2. The summed E-state index contributed by atoms with van der Waals surface area (Å²) in [5.41, 5.74) is 3.63. The first kappa shape index (κ1) is 28.5. The van der Waals surface area contributed by atoms with Crippen LogP contribution < -0.4 is 4.74 Å². The van der Waals surface area contributed by atoms with E-state index in [0.717, 1.165) is 24.8 Å². The quantitative estimate of drug-likeness (QED) is 0.138. The second kappa shape index (κ2) is 11.0. The van der Waals surface area contributed by atoms with E-state index < -0.39 is 11.7 Å². The van der Waals surface area contributed by atoms with Crippen LogP contribution in [0, 0.1) is 6.92 Å². The maximum absolute atomic E-state index is 14.9. The number of rotatable bonds is 6. The lowest BCUT2D eigenvalue weighted by Crippen LogP contribution is -2.19. The molecule has 11 heteroatoms. The summed E-state index contributed by atoms with van der Waals surface area (Å²) in [6.45, 7) is 6.63. The minimum Gasteiger partial charge on any atom is -0.472 e. The maximum atomic E-state index is 14.9. The zero-order chi connectivity index (χ0) is 30.6. The van der Waals surface area contributed by atoms with Gasteiger partial charge < -0.3 is 9.47 Å². The molecule has 1 saturated heterocycles. The van der Waals surface area contributed by atoms with Gasteiger partial charge in [0.1, 0.15) is 6.61 Å². The van der Waals surface area contributed by atoms with E-state index >= 15 is 0 Å². The number of aromatic nitrogens is 5. The Bertz CT molecular complexity index is 1920. The van der Waals surface area contributed by atoms with E-state index in [9.17, 15) is 13.2 Å². The standard InChI is InChI=1S/C33H28F3N5O2S/c1-18-15-23-22(16-38-41(23)24-11-7-8-14-42-24)26(28(18)33(34,35)36)30-25-19(2)29-27(21(25)12-13-37-30)31(40-32(39-29)44-3)43-17-20-9-5-4-6-10-20/h4-6,9-10,12-13,15-16,24H,2,7-8,11,14,17H2,1,3H3. The van der Waals surface area contributed by atoms with Crippen LogP contribution in [0.4, 0.5) is 13.2 Å². The number of hydrogen-bond acceptors (Lipinski definition) is 7. The zero-order valence-electron chi connectivity index (χ0n) is 24.1. The molecule has 2 aromatic carbocycles. The fourth-order valence-corrected chi connectivity index (χ4v) is 6.52. The van der Waals surface area contributed by atoms with Crippen LogP contribution in [0.1, 0.15) is 53.4 Å². The van der Waals surface area contributed by atoms with Crippen LogP contribution >= 0.6 is 11.8 Å². The first-order chi connectivity index (χ1) is 21.3. The number of fused-ring (bicyclic) bond motifs is 4. The molecule has 0 saturated carbocycles. The molecule has 1 aliphatic carbocycles. The minimum absolute atomic E-state index is 0.0369. The van der Waals surface area contributed by atoms with Gasteiger partial charge in [0, 0.05) is 40.5 Å². The van der Waals surface area contributed by atoms with E-state index in [1.807, 2.05) is 36.6 Å². The summed E-state index contributed by atoms with van der Waals surface area (Å²) < 4.78 is 58.5. The van der Waals surface area contributed by atoms with E-state index in [4.69, 9.17) is 14.5 Å². The van der Waals surface area contributed by atoms with Gasteiger partial charge in [-0.05, 0) is 55.7 Å². The van der Waals surface area contributed by atoms with Crippen molar-refractivity contribution in [2.24, 2.45) is 0 Å². The molecule has 4 heterocycles. The average Bonchev–Trinajstić information content (AvgIpc) is 3.58. The molecule has 44 heavy (non-hydrogen) atoms. The molecule has 1 atom stereocenters.